The van der Waals surface area contributed by atoms with Crippen LogP contribution < -0.4 is 5.32 Å². The summed E-state index contributed by atoms with van der Waals surface area (Å²) in [5.74, 6) is 3.42. The van der Waals surface area contributed by atoms with Crippen molar-refractivity contribution in [2.75, 3.05) is 46.5 Å². The van der Waals surface area contributed by atoms with Gasteiger partial charge in [-0.1, -0.05) is 24.3 Å². The lowest BCUT2D eigenvalue weighted by molar-refractivity contribution is 0.00990. The molecule has 162 valence electrons. The summed E-state index contributed by atoms with van der Waals surface area (Å²) < 4.78 is 11.1. The lowest BCUT2D eigenvalue weighted by atomic mass is 10.0. The Bertz CT molecular complexity index is 676. The Morgan fingerprint density at radius 2 is 2.00 bits per heavy atom. The number of hydrogen-bond donors (Lipinski definition) is 1. The topological polar surface area (TPSA) is 46.1 Å². The van der Waals surface area contributed by atoms with E-state index in [0.29, 0.717) is 6.10 Å². The molecule has 0 aromatic heterocycles. The van der Waals surface area contributed by atoms with Crippen LogP contribution in [0.5, 0.6) is 0 Å². The molecule has 3 atom stereocenters. The van der Waals surface area contributed by atoms with E-state index >= 15 is 0 Å². The molecule has 4 rings (SSSR count). The Balaban J connectivity index is 0.00000240. The Hall–Kier alpha value is -0.860. The minimum Gasteiger partial charge on any atom is -0.385 e. The Morgan fingerprint density at radius 3 is 2.76 bits per heavy atom. The molecule has 1 aromatic rings. The van der Waals surface area contributed by atoms with Crippen molar-refractivity contribution in [1.82, 2.24) is 10.2 Å². The van der Waals surface area contributed by atoms with Crippen LogP contribution in [0, 0.1) is 11.8 Å². The highest BCUT2D eigenvalue weighted by Gasteiger charge is 2.55. The molecule has 1 heterocycles. The van der Waals surface area contributed by atoms with Crippen LogP contribution in [0.15, 0.2) is 29.3 Å². The number of rotatable bonds is 8. The van der Waals surface area contributed by atoms with E-state index < -0.39 is 0 Å². The molecule has 6 heteroatoms. The molecule has 1 aliphatic heterocycles. The van der Waals surface area contributed by atoms with Gasteiger partial charge in [0.2, 0.25) is 0 Å². The Morgan fingerprint density at radius 1 is 1.21 bits per heavy atom. The third kappa shape index (κ3) is 5.44. The van der Waals surface area contributed by atoms with Crippen molar-refractivity contribution < 1.29 is 9.47 Å². The summed E-state index contributed by atoms with van der Waals surface area (Å²) in [4.78, 5) is 7.46. The van der Waals surface area contributed by atoms with Crippen LogP contribution in [0.25, 0.3) is 0 Å². The number of hydrogen-bond acceptors (Lipinski definition) is 3. The van der Waals surface area contributed by atoms with E-state index in [1.165, 1.54) is 6.42 Å². The van der Waals surface area contributed by atoms with Crippen LogP contribution in [0.3, 0.4) is 0 Å². The first-order valence-corrected chi connectivity index (χ1v) is 11.0. The van der Waals surface area contributed by atoms with E-state index in [1.54, 1.807) is 18.2 Å². The van der Waals surface area contributed by atoms with Crippen molar-refractivity contribution in [2.24, 2.45) is 16.8 Å². The molecule has 5 nitrogen and oxygen atoms in total. The van der Waals surface area contributed by atoms with Crippen LogP contribution in [0.4, 0.5) is 0 Å². The van der Waals surface area contributed by atoms with Crippen LogP contribution in [0.1, 0.15) is 43.2 Å². The summed E-state index contributed by atoms with van der Waals surface area (Å²) in [5.41, 5.74) is 3.15. The second-order valence-corrected chi connectivity index (χ2v) is 8.35. The number of ether oxygens (including phenoxy) is 2. The number of likely N-dealkylation sites (tertiary alicyclic amines) is 1. The maximum Gasteiger partial charge on any atom is 0.193 e. The number of nitrogens with one attached hydrogen (secondary N) is 1. The molecular formula is C23H36IN3O2. The number of aliphatic imine (C=N–C) groups is 1. The SMILES string of the molecule is CCNC(=NCC1C2Cc3ccccc3C12)N1CCC(OCCCOC)CC1.I. The lowest BCUT2D eigenvalue weighted by Crippen LogP contribution is -2.47. The first-order valence-electron chi connectivity index (χ1n) is 11.0. The third-order valence-corrected chi connectivity index (χ3v) is 6.58. The smallest absolute Gasteiger partial charge is 0.193 e. The van der Waals surface area contributed by atoms with E-state index in [-0.39, 0.29) is 24.0 Å². The number of benzene rings is 1. The van der Waals surface area contributed by atoms with Crippen molar-refractivity contribution in [1.29, 1.82) is 0 Å². The number of methoxy groups -OCH3 is 1. The average molecular weight is 513 g/mol. The zero-order valence-corrected chi connectivity index (χ0v) is 20.1. The Labute approximate surface area is 192 Å². The molecule has 3 aliphatic rings. The number of fused-ring (bicyclic) bond motifs is 3. The summed E-state index contributed by atoms with van der Waals surface area (Å²) >= 11 is 0. The van der Waals surface area contributed by atoms with Gasteiger partial charge in [-0.05, 0) is 61.5 Å². The maximum absolute atomic E-state index is 6.00. The zero-order valence-electron chi connectivity index (χ0n) is 17.8. The first-order chi connectivity index (χ1) is 13.8. The predicted molar refractivity (Wildman–Crippen MR) is 128 cm³/mol. The fourth-order valence-electron chi connectivity index (χ4n) is 5.04. The van der Waals surface area contributed by atoms with Gasteiger partial charge < -0.3 is 19.7 Å². The van der Waals surface area contributed by atoms with Crippen molar-refractivity contribution in [2.45, 2.75) is 44.6 Å². The van der Waals surface area contributed by atoms with E-state index in [0.717, 1.165) is 82.4 Å². The van der Waals surface area contributed by atoms with E-state index in [2.05, 4.69) is 41.4 Å². The van der Waals surface area contributed by atoms with Gasteiger partial charge in [0.1, 0.15) is 0 Å². The highest BCUT2D eigenvalue weighted by molar-refractivity contribution is 14.0. The number of piperidine rings is 1. The number of guanidine groups is 1. The average Bonchev–Trinajstić information content (AvgIpc) is 3.26. The summed E-state index contributed by atoms with van der Waals surface area (Å²) in [7, 11) is 1.74. The summed E-state index contributed by atoms with van der Waals surface area (Å²) in [6.45, 7) is 7.68. The third-order valence-electron chi connectivity index (χ3n) is 6.58. The molecule has 1 N–H and O–H groups in total. The highest BCUT2D eigenvalue weighted by Crippen LogP contribution is 2.61. The van der Waals surface area contributed by atoms with Crippen LogP contribution in [-0.2, 0) is 15.9 Å². The van der Waals surface area contributed by atoms with Gasteiger partial charge in [-0.3, -0.25) is 4.99 Å². The van der Waals surface area contributed by atoms with Gasteiger partial charge in [-0.2, -0.15) is 0 Å². The maximum atomic E-state index is 6.00. The molecule has 0 radical (unpaired) electrons. The molecular weight excluding hydrogens is 477 g/mol. The lowest BCUT2D eigenvalue weighted by Gasteiger charge is -2.34. The van der Waals surface area contributed by atoms with E-state index in [9.17, 15) is 0 Å². The second kappa shape index (κ2) is 11.0. The summed E-state index contributed by atoms with van der Waals surface area (Å²) in [6, 6.07) is 8.98. The van der Waals surface area contributed by atoms with Gasteiger partial charge in [0.05, 0.1) is 6.10 Å². The molecule has 0 bridgehead atoms. The Kier molecular flexibility index (Phi) is 8.62. The normalized spacial score (nSPS) is 25.9. The highest BCUT2D eigenvalue weighted by atomic mass is 127. The van der Waals surface area contributed by atoms with Crippen LogP contribution in [0.2, 0.25) is 0 Å². The van der Waals surface area contributed by atoms with E-state index in [4.69, 9.17) is 14.5 Å². The van der Waals surface area contributed by atoms with Gasteiger partial charge in [-0.15, -0.1) is 24.0 Å². The van der Waals surface area contributed by atoms with E-state index in [1.807, 2.05) is 0 Å². The fraction of sp³-hybridized carbons (Fsp3) is 0.696. The molecule has 0 spiro atoms. The standard InChI is InChI=1S/C23H35N3O2.HI/c1-3-24-23(26-11-9-18(10-12-26)28-14-6-13-27-2)25-16-21-20-15-17-7-4-5-8-19(17)22(20)21;/h4-5,7-8,18,20-22H,3,6,9-16H2,1-2H3,(H,24,25);1H. The minimum absolute atomic E-state index is 0. The monoisotopic (exact) mass is 513 g/mol. The second-order valence-electron chi connectivity index (χ2n) is 8.35. The molecule has 1 saturated carbocycles. The van der Waals surface area contributed by atoms with Crippen molar-refractivity contribution in [3.8, 4) is 0 Å². The quantitative estimate of drug-likeness (QED) is 0.250. The van der Waals surface area contributed by atoms with Gasteiger partial charge in [-0.25, -0.2) is 0 Å². The first kappa shape index (κ1) is 22.8. The minimum atomic E-state index is 0. The molecule has 1 saturated heterocycles. The number of halogens is 1. The van der Waals surface area contributed by atoms with Gasteiger partial charge >= 0.3 is 0 Å². The molecule has 3 unspecified atom stereocenters. The summed E-state index contributed by atoms with van der Waals surface area (Å²) in [6.07, 6.45) is 4.78. The van der Waals surface area contributed by atoms with Crippen LogP contribution >= 0.6 is 24.0 Å². The molecule has 2 aliphatic carbocycles. The molecule has 2 fully saturated rings. The van der Waals surface area contributed by atoms with Crippen molar-refractivity contribution in [3.05, 3.63) is 35.4 Å². The van der Waals surface area contributed by atoms with Gasteiger partial charge in [0.25, 0.3) is 0 Å². The molecule has 1 aromatic carbocycles. The van der Waals surface area contributed by atoms with Gasteiger partial charge in [0.15, 0.2) is 5.96 Å². The van der Waals surface area contributed by atoms with Gasteiger partial charge in [0, 0.05) is 46.5 Å². The zero-order chi connectivity index (χ0) is 19.3. The van der Waals surface area contributed by atoms with Crippen molar-refractivity contribution in [3.63, 3.8) is 0 Å². The van der Waals surface area contributed by atoms with Crippen LogP contribution in [-0.4, -0.2) is 63.5 Å². The molecule has 29 heavy (non-hydrogen) atoms. The largest absolute Gasteiger partial charge is 0.385 e. The predicted octanol–water partition coefficient (Wildman–Crippen LogP) is 3.67. The number of nitrogens with zero attached hydrogens (tertiary/aromatic N) is 2. The molecule has 0 amide bonds. The summed E-state index contributed by atoms with van der Waals surface area (Å²) in [5, 5.41) is 3.51. The fourth-order valence-corrected chi connectivity index (χ4v) is 5.04. The van der Waals surface area contributed by atoms with Crippen molar-refractivity contribution >= 4 is 29.9 Å².